The summed E-state index contributed by atoms with van der Waals surface area (Å²) in [5, 5.41) is 0. The summed E-state index contributed by atoms with van der Waals surface area (Å²) in [4.78, 5) is 21.4. The molecule has 0 saturated carbocycles. The highest BCUT2D eigenvalue weighted by Gasteiger charge is 2.23. The van der Waals surface area contributed by atoms with E-state index in [2.05, 4.69) is 0 Å². The number of hydrogen-bond acceptors (Lipinski definition) is 4. The molecule has 0 amide bonds. The molecule has 0 radical (unpaired) electrons. The van der Waals surface area contributed by atoms with Crippen LogP contribution in [-0.2, 0) is 9.59 Å². The maximum atomic E-state index is 10.7. The van der Waals surface area contributed by atoms with Crippen LogP contribution >= 0.6 is 0 Å². The molecule has 0 bridgehead atoms. The zero-order chi connectivity index (χ0) is 7.72. The Labute approximate surface area is 57.9 Å². The highest BCUT2D eigenvalue weighted by atomic mass is 16.1. The van der Waals surface area contributed by atoms with Gasteiger partial charge < -0.3 is 11.5 Å². The third-order valence-electron chi connectivity index (χ3n) is 1.39. The lowest BCUT2D eigenvalue weighted by molar-refractivity contribution is -0.122. The molecule has 1 aliphatic carbocycles. The topological polar surface area (TPSA) is 86.2 Å². The Hall–Kier alpha value is -1.16. The lowest BCUT2D eigenvalue weighted by Crippen LogP contribution is -2.37. The van der Waals surface area contributed by atoms with E-state index in [1.807, 2.05) is 0 Å². The van der Waals surface area contributed by atoms with Crippen molar-refractivity contribution in [3.8, 4) is 0 Å². The van der Waals surface area contributed by atoms with Gasteiger partial charge in [-0.3, -0.25) is 9.59 Å². The molecule has 1 atom stereocenters. The summed E-state index contributed by atoms with van der Waals surface area (Å²) >= 11 is 0. The molecule has 0 aliphatic heterocycles. The molecule has 4 N–H and O–H groups in total. The van der Waals surface area contributed by atoms with Gasteiger partial charge in [0.25, 0.3) is 0 Å². The molecule has 0 spiro atoms. The number of ketones is 2. The van der Waals surface area contributed by atoms with E-state index >= 15 is 0 Å². The predicted octanol–water partition coefficient (Wildman–Crippen LogP) is -1.30. The van der Waals surface area contributed by atoms with Crippen molar-refractivity contribution in [2.24, 2.45) is 11.5 Å². The third kappa shape index (κ3) is 1.06. The van der Waals surface area contributed by atoms with E-state index in [4.69, 9.17) is 11.5 Å². The Morgan fingerprint density at radius 1 is 1.50 bits per heavy atom. The number of allylic oxidation sites excluding steroid dienone is 1. The van der Waals surface area contributed by atoms with E-state index in [1.54, 1.807) is 0 Å². The molecule has 4 heteroatoms. The lowest BCUT2D eigenvalue weighted by Gasteiger charge is -2.12. The van der Waals surface area contributed by atoms with Crippen LogP contribution in [0.15, 0.2) is 11.8 Å². The van der Waals surface area contributed by atoms with E-state index in [0.717, 1.165) is 6.08 Å². The van der Waals surface area contributed by atoms with Gasteiger partial charge in [0.05, 0.1) is 11.7 Å². The van der Waals surface area contributed by atoms with Gasteiger partial charge in [0.1, 0.15) is 0 Å². The second kappa shape index (κ2) is 2.22. The van der Waals surface area contributed by atoms with Gasteiger partial charge in [-0.1, -0.05) is 0 Å². The largest absolute Gasteiger partial charge is 0.396 e. The molecule has 54 valence electrons. The fourth-order valence-corrected chi connectivity index (χ4v) is 0.759. The van der Waals surface area contributed by atoms with Crippen LogP contribution in [0.2, 0.25) is 0 Å². The van der Waals surface area contributed by atoms with E-state index in [-0.39, 0.29) is 23.7 Å². The molecular formula is C6H8N2O2. The Morgan fingerprint density at radius 2 is 2.10 bits per heavy atom. The first-order valence-corrected chi connectivity index (χ1v) is 2.91. The van der Waals surface area contributed by atoms with Gasteiger partial charge in [-0.25, -0.2) is 0 Å². The third-order valence-corrected chi connectivity index (χ3v) is 1.39. The Balaban J connectivity index is 2.90. The molecule has 0 heterocycles. The predicted molar refractivity (Wildman–Crippen MR) is 34.9 cm³/mol. The van der Waals surface area contributed by atoms with Crippen molar-refractivity contribution < 1.29 is 9.59 Å². The monoisotopic (exact) mass is 140 g/mol. The Morgan fingerprint density at radius 3 is 2.60 bits per heavy atom. The van der Waals surface area contributed by atoms with Crippen LogP contribution in [0.1, 0.15) is 6.42 Å². The summed E-state index contributed by atoms with van der Waals surface area (Å²) in [7, 11) is 0. The quantitative estimate of drug-likeness (QED) is 0.437. The SMILES string of the molecule is NC1=CC(=O)C(N)CC1=O. The Kier molecular flexibility index (Phi) is 1.55. The molecule has 0 aromatic rings. The number of Topliss-reactive ketones (excluding diaryl/α,β-unsaturated/α-hetero) is 1. The van der Waals surface area contributed by atoms with Crippen molar-refractivity contribution in [1.82, 2.24) is 0 Å². The average Bonchev–Trinajstić information content (AvgIpc) is 1.84. The summed E-state index contributed by atoms with van der Waals surface area (Å²) in [6, 6.07) is -0.681. The van der Waals surface area contributed by atoms with Crippen molar-refractivity contribution in [3.63, 3.8) is 0 Å². The smallest absolute Gasteiger partial charge is 0.180 e. The van der Waals surface area contributed by atoms with Crippen molar-refractivity contribution >= 4 is 11.6 Å². The number of hydrogen-bond donors (Lipinski definition) is 2. The summed E-state index contributed by atoms with van der Waals surface area (Å²) in [6.07, 6.45) is 1.14. The minimum atomic E-state index is -0.681. The zero-order valence-corrected chi connectivity index (χ0v) is 5.33. The maximum absolute atomic E-state index is 10.7. The van der Waals surface area contributed by atoms with E-state index in [0.29, 0.717) is 0 Å². The van der Waals surface area contributed by atoms with E-state index in [1.165, 1.54) is 0 Å². The van der Waals surface area contributed by atoms with Crippen LogP contribution in [0.5, 0.6) is 0 Å². The van der Waals surface area contributed by atoms with Crippen molar-refractivity contribution in [3.05, 3.63) is 11.8 Å². The first kappa shape index (κ1) is 6.95. The van der Waals surface area contributed by atoms with Crippen molar-refractivity contribution in [1.29, 1.82) is 0 Å². The van der Waals surface area contributed by atoms with Gasteiger partial charge in [0, 0.05) is 12.5 Å². The standard InChI is InChI=1S/C6H8N2O2/c7-3-1-5(9)4(8)2-6(3)10/h1,4H,2,7-8H2. The van der Waals surface area contributed by atoms with Gasteiger partial charge in [0.15, 0.2) is 11.6 Å². The molecular weight excluding hydrogens is 132 g/mol. The molecule has 1 unspecified atom stereocenters. The summed E-state index contributed by atoms with van der Waals surface area (Å²) in [5.41, 5.74) is 10.4. The van der Waals surface area contributed by atoms with Crippen LogP contribution in [-0.4, -0.2) is 17.6 Å². The van der Waals surface area contributed by atoms with Crippen molar-refractivity contribution in [2.45, 2.75) is 12.5 Å². The van der Waals surface area contributed by atoms with Crippen LogP contribution < -0.4 is 11.5 Å². The van der Waals surface area contributed by atoms with Gasteiger partial charge >= 0.3 is 0 Å². The molecule has 0 fully saturated rings. The van der Waals surface area contributed by atoms with Gasteiger partial charge in [-0.05, 0) is 0 Å². The normalized spacial score (nSPS) is 26.5. The van der Waals surface area contributed by atoms with E-state index in [9.17, 15) is 9.59 Å². The summed E-state index contributed by atoms with van der Waals surface area (Å²) in [6.45, 7) is 0. The van der Waals surface area contributed by atoms with E-state index < -0.39 is 6.04 Å². The van der Waals surface area contributed by atoms with Crippen LogP contribution in [0, 0.1) is 0 Å². The molecule has 0 aromatic heterocycles. The molecule has 0 aromatic carbocycles. The highest BCUT2D eigenvalue weighted by molar-refractivity contribution is 6.10. The lowest BCUT2D eigenvalue weighted by atomic mass is 9.98. The van der Waals surface area contributed by atoms with Crippen LogP contribution in [0.3, 0.4) is 0 Å². The molecule has 1 rings (SSSR count). The number of carbonyl (C=O) groups excluding carboxylic acids is 2. The second-order valence-corrected chi connectivity index (χ2v) is 2.24. The molecule has 10 heavy (non-hydrogen) atoms. The second-order valence-electron chi connectivity index (χ2n) is 2.24. The van der Waals surface area contributed by atoms with Gasteiger partial charge in [-0.15, -0.1) is 0 Å². The minimum Gasteiger partial charge on any atom is -0.396 e. The van der Waals surface area contributed by atoms with Crippen molar-refractivity contribution in [2.75, 3.05) is 0 Å². The molecule has 0 saturated heterocycles. The fourth-order valence-electron chi connectivity index (χ4n) is 0.759. The van der Waals surface area contributed by atoms with Gasteiger partial charge in [-0.2, -0.15) is 0 Å². The minimum absolute atomic E-state index is 0.0201. The zero-order valence-electron chi connectivity index (χ0n) is 5.33. The first-order chi connectivity index (χ1) is 4.61. The molecule has 4 nitrogen and oxygen atoms in total. The van der Waals surface area contributed by atoms with Crippen LogP contribution in [0.25, 0.3) is 0 Å². The first-order valence-electron chi connectivity index (χ1n) is 2.91. The number of carbonyl (C=O) groups is 2. The number of rotatable bonds is 0. The summed E-state index contributed by atoms with van der Waals surface area (Å²) in [5.74, 6) is -0.510. The maximum Gasteiger partial charge on any atom is 0.180 e. The highest BCUT2D eigenvalue weighted by Crippen LogP contribution is 2.05. The number of nitrogens with two attached hydrogens (primary N) is 2. The fraction of sp³-hybridized carbons (Fsp3) is 0.333. The Bertz CT molecular complexity index is 220. The van der Waals surface area contributed by atoms with Crippen LogP contribution in [0.4, 0.5) is 0 Å². The summed E-state index contributed by atoms with van der Waals surface area (Å²) < 4.78 is 0. The average molecular weight is 140 g/mol. The molecule has 1 aliphatic rings. The van der Waals surface area contributed by atoms with Gasteiger partial charge in [0.2, 0.25) is 0 Å².